The summed E-state index contributed by atoms with van der Waals surface area (Å²) in [7, 11) is 2.30. The van der Waals surface area contributed by atoms with Gasteiger partial charge in [0.15, 0.2) is 0 Å². The molecule has 0 amide bonds. The molecule has 5 fully saturated rings. The summed E-state index contributed by atoms with van der Waals surface area (Å²) in [5.41, 5.74) is 0.466. The number of hydrogen-bond acceptors (Lipinski definition) is 6. The lowest BCUT2D eigenvalue weighted by molar-refractivity contribution is -0.156. The number of rotatable bonds is 8. The van der Waals surface area contributed by atoms with Gasteiger partial charge in [0.1, 0.15) is 0 Å². The average Bonchev–Trinajstić information content (AvgIpc) is 3.47. The van der Waals surface area contributed by atoms with Crippen molar-refractivity contribution >= 4 is 5.97 Å². The molecular weight excluding hydrogens is 448 g/mol. The zero-order chi connectivity index (χ0) is 25.7. The zero-order valence-corrected chi connectivity index (χ0v) is 24.2. The highest BCUT2D eigenvalue weighted by Crippen LogP contribution is 2.43. The van der Waals surface area contributed by atoms with Gasteiger partial charge in [-0.2, -0.15) is 0 Å². The summed E-state index contributed by atoms with van der Waals surface area (Å²) in [6, 6.07) is 0.793. The molecule has 6 heteroatoms. The molecule has 4 aliphatic heterocycles. The molecule has 0 aromatic carbocycles. The molecule has 0 spiro atoms. The van der Waals surface area contributed by atoms with Crippen LogP contribution in [0.3, 0.4) is 0 Å². The largest absolute Gasteiger partial charge is 0.465 e. The van der Waals surface area contributed by atoms with Gasteiger partial charge in [0.2, 0.25) is 0 Å². The Morgan fingerprint density at radius 2 is 1.53 bits per heavy atom. The first kappa shape index (κ1) is 26.9. The molecule has 5 aliphatic rings. The van der Waals surface area contributed by atoms with E-state index in [1.54, 1.807) is 0 Å². The molecule has 5 rings (SSSR count). The van der Waals surface area contributed by atoms with Crippen LogP contribution in [0.25, 0.3) is 0 Å². The van der Waals surface area contributed by atoms with Crippen LogP contribution in [0.5, 0.6) is 0 Å². The van der Waals surface area contributed by atoms with E-state index in [1.807, 2.05) is 0 Å². The van der Waals surface area contributed by atoms with Crippen LogP contribution < -0.4 is 0 Å². The molecule has 0 N–H and O–H groups in total. The average molecular weight is 503 g/mol. The first-order valence-corrected chi connectivity index (χ1v) is 15.1. The molecule has 0 bridgehead atoms. The monoisotopic (exact) mass is 502 g/mol. The maximum Gasteiger partial charge on any atom is 0.309 e. The molecule has 206 valence electrons. The number of esters is 1. The minimum atomic E-state index is 0.0808. The number of fused-ring (bicyclic) bond motifs is 2. The maximum atomic E-state index is 12.9. The van der Waals surface area contributed by atoms with Crippen LogP contribution in [-0.2, 0) is 9.53 Å². The standard InChI is InChI=1S/C30H54N4O2/c1-29(2,3)34-20-24-17-32(18-25(24)21-34)12-7-15-36-28(35)26-9-8-22(26)16-30(4,5)33-14-11-27-23(19-33)10-13-31(27)6/h22-27H,7-21H2,1-6H3/t22?,23?,24-,25+,26?,27?. The van der Waals surface area contributed by atoms with Gasteiger partial charge in [-0.15, -0.1) is 0 Å². The van der Waals surface area contributed by atoms with Crippen molar-refractivity contribution in [3.63, 3.8) is 0 Å². The second-order valence-electron chi connectivity index (χ2n) is 14.7. The number of carbonyl (C=O) groups excluding carboxylic acids is 1. The Kier molecular flexibility index (Phi) is 7.82. The third-order valence-electron chi connectivity index (χ3n) is 10.8. The summed E-state index contributed by atoms with van der Waals surface area (Å²) < 4.78 is 5.83. The molecule has 0 aromatic rings. The zero-order valence-electron chi connectivity index (χ0n) is 24.2. The van der Waals surface area contributed by atoms with Gasteiger partial charge >= 0.3 is 5.97 Å². The van der Waals surface area contributed by atoms with Crippen molar-refractivity contribution in [3.8, 4) is 0 Å². The number of piperidine rings is 1. The second kappa shape index (κ2) is 10.5. The van der Waals surface area contributed by atoms with E-state index >= 15 is 0 Å². The van der Waals surface area contributed by atoms with Gasteiger partial charge < -0.3 is 14.5 Å². The summed E-state index contributed by atoms with van der Waals surface area (Å²) in [6.07, 6.45) is 6.96. The van der Waals surface area contributed by atoms with E-state index in [-0.39, 0.29) is 17.4 Å². The van der Waals surface area contributed by atoms with E-state index in [4.69, 9.17) is 4.74 Å². The fourth-order valence-electron chi connectivity index (χ4n) is 8.25. The van der Waals surface area contributed by atoms with Gasteiger partial charge in [-0.1, -0.05) is 0 Å². The highest BCUT2D eigenvalue weighted by molar-refractivity contribution is 5.73. The van der Waals surface area contributed by atoms with E-state index in [1.165, 1.54) is 65.1 Å². The first-order chi connectivity index (χ1) is 17.0. The molecule has 4 saturated heterocycles. The molecular formula is C30H54N4O2. The first-order valence-electron chi connectivity index (χ1n) is 15.1. The maximum absolute atomic E-state index is 12.9. The Balaban J connectivity index is 0.995. The van der Waals surface area contributed by atoms with Gasteiger partial charge in [0, 0.05) is 62.9 Å². The normalized spacial score (nSPS) is 36.6. The van der Waals surface area contributed by atoms with Crippen LogP contribution in [0.1, 0.15) is 73.1 Å². The summed E-state index contributed by atoms with van der Waals surface area (Å²) >= 11 is 0. The molecule has 6 nitrogen and oxygen atoms in total. The summed E-state index contributed by atoms with van der Waals surface area (Å²) in [4.78, 5) is 23.5. The Morgan fingerprint density at radius 3 is 2.17 bits per heavy atom. The fourth-order valence-corrected chi connectivity index (χ4v) is 8.25. The lowest BCUT2D eigenvalue weighted by atomic mass is 9.68. The highest BCUT2D eigenvalue weighted by atomic mass is 16.5. The van der Waals surface area contributed by atoms with E-state index in [9.17, 15) is 4.79 Å². The third-order valence-corrected chi connectivity index (χ3v) is 10.8. The minimum Gasteiger partial charge on any atom is -0.465 e. The van der Waals surface area contributed by atoms with Crippen LogP contribution in [0.15, 0.2) is 0 Å². The van der Waals surface area contributed by atoms with Crippen molar-refractivity contribution in [1.82, 2.24) is 19.6 Å². The van der Waals surface area contributed by atoms with Crippen LogP contribution in [-0.4, -0.2) is 109 Å². The van der Waals surface area contributed by atoms with Gasteiger partial charge in [0.05, 0.1) is 12.5 Å². The molecule has 1 saturated carbocycles. The van der Waals surface area contributed by atoms with Crippen molar-refractivity contribution < 1.29 is 9.53 Å². The smallest absolute Gasteiger partial charge is 0.309 e. The highest BCUT2D eigenvalue weighted by Gasteiger charge is 2.45. The SMILES string of the molecule is CN1CCC2CN(C(C)(C)CC3CCC3C(=O)OCCCN3C[C@@H]4CN(C(C)(C)C)C[C@@H]4C3)CCC21. The molecule has 0 aromatic heterocycles. The van der Waals surface area contributed by atoms with Gasteiger partial charge in [-0.25, -0.2) is 0 Å². The fraction of sp³-hybridized carbons (Fsp3) is 0.967. The van der Waals surface area contributed by atoms with Crippen molar-refractivity contribution in [2.75, 3.05) is 66.0 Å². The van der Waals surface area contributed by atoms with Crippen LogP contribution in [0, 0.1) is 29.6 Å². The molecule has 1 aliphatic carbocycles. The minimum absolute atomic E-state index is 0.0808. The number of likely N-dealkylation sites (tertiary alicyclic amines) is 4. The van der Waals surface area contributed by atoms with Crippen LogP contribution in [0.4, 0.5) is 0 Å². The van der Waals surface area contributed by atoms with Crippen molar-refractivity contribution in [1.29, 1.82) is 0 Å². The Morgan fingerprint density at radius 1 is 0.833 bits per heavy atom. The van der Waals surface area contributed by atoms with Crippen molar-refractivity contribution in [2.45, 2.75) is 90.3 Å². The Labute approximate surface area is 221 Å². The van der Waals surface area contributed by atoms with E-state index in [0.717, 1.165) is 49.6 Å². The van der Waals surface area contributed by atoms with Gasteiger partial charge in [-0.05, 0) is 110 Å². The molecule has 6 atom stereocenters. The van der Waals surface area contributed by atoms with Crippen molar-refractivity contribution in [3.05, 3.63) is 0 Å². The van der Waals surface area contributed by atoms with E-state index in [0.29, 0.717) is 18.1 Å². The van der Waals surface area contributed by atoms with Gasteiger partial charge in [-0.3, -0.25) is 14.6 Å². The summed E-state index contributed by atoms with van der Waals surface area (Å²) in [5.74, 6) is 3.20. The second-order valence-corrected chi connectivity index (χ2v) is 14.7. The Hall–Kier alpha value is -0.690. The van der Waals surface area contributed by atoms with Crippen LogP contribution >= 0.6 is 0 Å². The number of carbonyl (C=O) groups is 1. The van der Waals surface area contributed by atoms with E-state index in [2.05, 4.69) is 61.3 Å². The van der Waals surface area contributed by atoms with Gasteiger partial charge in [0.25, 0.3) is 0 Å². The Bertz CT molecular complexity index is 765. The predicted octanol–water partition coefficient (Wildman–Crippen LogP) is 3.80. The predicted molar refractivity (Wildman–Crippen MR) is 146 cm³/mol. The lowest BCUT2D eigenvalue weighted by Crippen LogP contribution is -2.55. The topological polar surface area (TPSA) is 39.3 Å². The molecule has 0 radical (unpaired) electrons. The molecule has 4 heterocycles. The summed E-state index contributed by atoms with van der Waals surface area (Å²) in [5, 5.41) is 0. The van der Waals surface area contributed by atoms with Crippen LogP contribution in [0.2, 0.25) is 0 Å². The summed E-state index contributed by atoms with van der Waals surface area (Å²) in [6.45, 7) is 22.1. The number of nitrogens with zero attached hydrogens (tertiary/aromatic N) is 4. The molecule has 4 unspecified atom stereocenters. The van der Waals surface area contributed by atoms with E-state index < -0.39 is 0 Å². The number of hydrogen-bond donors (Lipinski definition) is 0. The lowest BCUT2D eigenvalue weighted by Gasteiger charge is -2.49. The quantitative estimate of drug-likeness (QED) is 0.371. The number of ether oxygens (including phenoxy) is 1. The molecule has 36 heavy (non-hydrogen) atoms. The van der Waals surface area contributed by atoms with Crippen molar-refractivity contribution in [2.24, 2.45) is 29.6 Å². The third kappa shape index (κ3) is 5.67.